The van der Waals surface area contributed by atoms with Crippen molar-refractivity contribution < 1.29 is 0 Å². The van der Waals surface area contributed by atoms with E-state index in [0.29, 0.717) is 0 Å². The summed E-state index contributed by atoms with van der Waals surface area (Å²) in [4.78, 5) is 2.50. The van der Waals surface area contributed by atoms with Gasteiger partial charge in [-0.15, -0.1) is 22.7 Å². The average Bonchev–Trinajstić information content (AvgIpc) is 3.97. The van der Waals surface area contributed by atoms with E-state index in [2.05, 4.69) is 216 Å². The molecule has 0 saturated heterocycles. The summed E-state index contributed by atoms with van der Waals surface area (Å²) in [6, 6.07) is 75.7. The second-order valence-corrected chi connectivity index (χ2v) is 17.0. The predicted molar refractivity (Wildman–Crippen MR) is 252 cm³/mol. The fourth-order valence-corrected chi connectivity index (χ4v) is 11.4. The maximum absolute atomic E-state index is 2.50. The Hall–Kier alpha value is -6.98. The molecular formula is C54H34N2S2. The molecule has 0 saturated carbocycles. The van der Waals surface area contributed by atoms with E-state index in [4.69, 9.17) is 0 Å². The number of thiophene rings is 2. The third-order valence-electron chi connectivity index (χ3n) is 11.6. The van der Waals surface area contributed by atoms with E-state index in [1.54, 1.807) is 0 Å². The molecule has 9 aromatic carbocycles. The van der Waals surface area contributed by atoms with Gasteiger partial charge < -0.3 is 9.47 Å². The molecule has 0 fully saturated rings. The lowest BCUT2D eigenvalue weighted by atomic mass is 9.99. The van der Waals surface area contributed by atoms with E-state index in [-0.39, 0.29) is 0 Å². The molecule has 0 spiro atoms. The van der Waals surface area contributed by atoms with Crippen LogP contribution in [-0.2, 0) is 0 Å². The average molecular weight is 775 g/mol. The quantitative estimate of drug-likeness (QED) is 0.163. The first-order valence-electron chi connectivity index (χ1n) is 19.7. The summed E-state index contributed by atoms with van der Waals surface area (Å²) in [5, 5.41) is 7.64. The summed E-state index contributed by atoms with van der Waals surface area (Å²) in [6.45, 7) is 0. The van der Waals surface area contributed by atoms with Crippen molar-refractivity contribution >= 4 is 102 Å². The number of nitrogens with zero attached hydrogens (tertiary/aromatic N) is 2. The highest BCUT2D eigenvalue weighted by molar-refractivity contribution is 7.26. The fraction of sp³-hybridized carbons (Fsp3) is 0. The number of aromatic nitrogens is 1. The molecule has 0 unspecified atom stereocenters. The normalized spacial score (nSPS) is 11.8. The highest BCUT2D eigenvalue weighted by Crippen LogP contribution is 2.50. The molecule has 0 bridgehead atoms. The van der Waals surface area contributed by atoms with Crippen molar-refractivity contribution in [1.29, 1.82) is 0 Å². The van der Waals surface area contributed by atoms with Crippen LogP contribution < -0.4 is 4.90 Å². The lowest BCUT2D eigenvalue weighted by Crippen LogP contribution is -2.11. The number of rotatable bonds is 6. The molecule has 58 heavy (non-hydrogen) atoms. The van der Waals surface area contributed by atoms with Crippen LogP contribution in [0, 0.1) is 0 Å². The summed E-state index contributed by atoms with van der Waals surface area (Å²) in [7, 11) is 0. The first-order valence-corrected chi connectivity index (χ1v) is 21.3. The molecule has 0 aliphatic carbocycles. The molecule has 0 radical (unpaired) electrons. The van der Waals surface area contributed by atoms with Crippen molar-refractivity contribution in [2.24, 2.45) is 0 Å². The summed E-state index contributed by atoms with van der Waals surface area (Å²) in [5.74, 6) is 0. The van der Waals surface area contributed by atoms with Gasteiger partial charge in [0, 0.05) is 68.2 Å². The van der Waals surface area contributed by atoms with Gasteiger partial charge in [0.1, 0.15) is 0 Å². The molecule has 2 nitrogen and oxygen atoms in total. The third-order valence-corrected chi connectivity index (χ3v) is 13.9. The number of hydrogen-bond donors (Lipinski definition) is 0. The SMILES string of the molecule is c1ccc(-c2ccc3c(c2)sc2c(-c4ccccc4)ccc(N(c4cccc(-n5c6ccccc6c6ccccc65)c4)c4ccc5c(c4)sc4ccccc45)c23)cc1. The molecule has 3 aromatic heterocycles. The van der Waals surface area contributed by atoms with Gasteiger partial charge in [-0.25, -0.2) is 0 Å². The van der Waals surface area contributed by atoms with Gasteiger partial charge in [0.2, 0.25) is 0 Å². The maximum atomic E-state index is 2.50. The van der Waals surface area contributed by atoms with Crippen LogP contribution in [-0.4, -0.2) is 4.57 Å². The first-order chi connectivity index (χ1) is 28.8. The van der Waals surface area contributed by atoms with Crippen LogP contribution >= 0.6 is 22.7 Å². The van der Waals surface area contributed by atoms with Crippen molar-refractivity contribution in [3.8, 4) is 27.9 Å². The Kier molecular flexibility index (Phi) is 7.62. The van der Waals surface area contributed by atoms with Gasteiger partial charge >= 0.3 is 0 Å². The molecule has 0 aliphatic rings. The molecule has 0 amide bonds. The maximum Gasteiger partial charge on any atom is 0.0555 e. The number of fused-ring (bicyclic) bond motifs is 9. The van der Waals surface area contributed by atoms with Gasteiger partial charge in [0.15, 0.2) is 0 Å². The smallest absolute Gasteiger partial charge is 0.0555 e. The lowest BCUT2D eigenvalue weighted by Gasteiger charge is -2.28. The number of benzene rings is 9. The summed E-state index contributed by atoms with van der Waals surface area (Å²) >= 11 is 3.76. The molecule has 0 atom stereocenters. The van der Waals surface area contributed by atoms with Crippen molar-refractivity contribution in [3.05, 3.63) is 206 Å². The van der Waals surface area contributed by atoms with Gasteiger partial charge in [-0.2, -0.15) is 0 Å². The Morgan fingerprint density at radius 1 is 0.362 bits per heavy atom. The topological polar surface area (TPSA) is 8.17 Å². The molecule has 12 aromatic rings. The molecule has 3 heterocycles. The first kappa shape index (κ1) is 33.2. The van der Waals surface area contributed by atoms with Crippen LogP contribution in [0.25, 0.3) is 90.1 Å². The van der Waals surface area contributed by atoms with Crippen LogP contribution in [0.4, 0.5) is 17.1 Å². The van der Waals surface area contributed by atoms with Crippen molar-refractivity contribution in [1.82, 2.24) is 4.57 Å². The van der Waals surface area contributed by atoms with Crippen molar-refractivity contribution in [3.63, 3.8) is 0 Å². The second kappa shape index (κ2) is 13.3. The molecule has 0 N–H and O–H groups in total. The Labute approximate surface area is 343 Å². The standard InChI is InChI=1S/C54H34N2S2/c1-3-14-35(15-4-1)37-26-28-46-51(32-37)58-54-41(36-16-5-2-6-17-36)30-31-49(53(46)54)55(40-27-29-45-44-22-9-12-25-50(44)57-52(45)34-40)38-18-13-19-39(33-38)56-47-23-10-7-20-42(47)43-21-8-11-24-48(43)56/h1-34H. The van der Waals surface area contributed by atoms with E-state index in [1.165, 1.54) is 84.4 Å². The zero-order valence-corrected chi connectivity index (χ0v) is 33.0. The minimum atomic E-state index is 1.11. The van der Waals surface area contributed by atoms with Gasteiger partial charge in [-0.1, -0.05) is 146 Å². The predicted octanol–water partition coefficient (Wildman–Crippen LogP) is 16.3. The monoisotopic (exact) mass is 774 g/mol. The van der Waals surface area contributed by atoms with E-state index in [9.17, 15) is 0 Å². The number of para-hydroxylation sites is 2. The molecule has 4 heteroatoms. The fourth-order valence-electron chi connectivity index (χ4n) is 8.96. The van der Waals surface area contributed by atoms with Crippen LogP contribution in [0.5, 0.6) is 0 Å². The van der Waals surface area contributed by atoms with E-state index >= 15 is 0 Å². The zero-order valence-electron chi connectivity index (χ0n) is 31.3. The number of hydrogen-bond acceptors (Lipinski definition) is 3. The Morgan fingerprint density at radius 2 is 0.983 bits per heavy atom. The van der Waals surface area contributed by atoms with Gasteiger partial charge in [-0.3, -0.25) is 0 Å². The van der Waals surface area contributed by atoms with Gasteiger partial charge in [0.05, 0.1) is 16.7 Å². The molecule has 0 aliphatic heterocycles. The van der Waals surface area contributed by atoms with Gasteiger partial charge in [-0.05, 0) is 82.9 Å². The van der Waals surface area contributed by atoms with Crippen LogP contribution in [0.15, 0.2) is 206 Å². The van der Waals surface area contributed by atoms with Gasteiger partial charge in [0.25, 0.3) is 0 Å². The molecular weight excluding hydrogens is 741 g/mol. The zero-order chi connectivity index (χ0) is 38.2. The minimum Gasteiger partial charge on any atom is -0.310 e. The largest absolute Gasteiger partial charge is 0.310 e. The third kappa shape index (κ3) is 5.23. The highest BCUT2D eigenvalue weighted by Gasteiger charge is 2.23. The summed E-state index contributed by atoms with van der Waals surface area (Å²) in [6.07, 6.45) is 0. The van der Waals surface area contributed by atoms with Crippen molar-refractivity contribution in [2.75, 3.05) is 4.90 Å². The summed E-state index contributed by atoms with van der Waals surface area (Å²) in [5.41, 5.74) is 11.9. The van der Waals surface area contributed by atoms with Crippen LogP contribution in [0.2, 0.25) is 0 Å². The minimum absolute atomic E-state index is 1.11. The number of anilines is 3. The van der Waals surface area contributed by atoms with E-state index in [0.717, 1.165) is 22.7 Å². The Balaban J connectivity index is 1.14. The van der Waals surface area contributed by atoms with E-state index in [1.807, 2.05) is 22.7 Å². The van der Waals surface area contributed by atoms with Crippen molar-refractivity contribution in [2.45, 2.75) is 0 Å². The van der Waals surface area contributed by atoms with Crippen LogP contribution in [0.3, 0.4) is 0 Å². The molecule has 272 valence electrons. The lowest BCUT2D eigenvalue weighted by molar-refractivity contribution is 1.17. The van der Waals surface area contributed by atoms with E-state index < -0.39 is 0 Å². The Morgan fingerprint density at radius 3 is 1.76 bits per heavy atom. The second-order valence-electron chi connectivity index (χ2n) is 14.9. The summed E-state index contributed by atoms with van der Waals surface area (Å²) < 4.78 is 7.57. The highest BCUT2D eigenvalue weighted by atomic mass is 32.1. The molecule has 12 rings (SSSR count). The Bertz CT molecular complexity index is 3470. The van der Waals surface area contributed by atoms with Crippen LogP contribution in [0.1, 0.15) is 0 Å².